The molecule has 1 heterocycles. The second-order valence-electron chi connectivity index (χ2n) is 7.54. The van der Waals surface area contributed by atoms with E-state index in [9.17, 15) is 13.2 Å². The van der Waals surface area contributed by atoms with Crippen LogP contribution in [-0.4, -0.2) is 57.9 Å². The van der Waals surface area contributed by atoms with Gasteiger partial charge in [-0.25, -0.2) is 8.42 Å². The molecule has 1 amide bonds. The molecule has 1 saturated heterocycles. The van der Waals surface area contributed by atoms with Crippen LogP contribution in [-0.2, 0) is 21.4 Å². The van der Waals surface area contributed by atoms with Crippen LogP contribution in [0.2, 0.25) is 5.02 Å². The van der Waals surface area contributed by atoms with Crippen LogP contribution in [0.25, 0.3) is 0 Å². The SMILES string of the molecule is COc1ccc(CN(C)C(=O)[C@H]2CCCN(S(=O)(=O)c3cc(Cl)ccc3OC)C2)cc1. The maximum atomic E-state index is 13.3. The number of carbonyl (C=O) groups is 1. The Morgan fingerprint density at radius 1 is 1.16 bits per heavy atom. The number of hydrogen-bond acceptors (Lipinski definition) is 5. The number of rotatable bonds is 7. The lowest BCUT2D eigenvalue weighted by atomic mass is 9.98. The molecule has 2 aromatic carbocycles. The Balaban J connectivity index is 1.73. The number of nitrogens with zero attached hydrogens (tertiary/aromatic N) is 2. The molecule has 7 nitrogen and oxygen atoms in total. The average molecular weight is 467 g/mol. The Bertz CT molecular complexity index is 1030. The maximum absolute atomic E-state index is 13.3. The fourth-order valence-corrected chi connectivity index (χ4v) is 5.69. The molecular weight excluding hydrogens is 440 g/mol. The molecule has 0 spiro atoms. The molecule has 1 atom stereocenters. The van der Waals surface area contributed by atoms with Gasteiger partial charge in [-0.3, -0.25) is 4.79 Å². The number of hydrogen-bond donors (Lipinski definition) is 0. The molecule has 1 aliphatic heterocycles. The molecular formula is C22H27ClN2O5S. The van der Waals surface area contributed by atoms with Gasteiger partial charge in [0.2, 0.25) is 15.9 Å². The van der Waals surface area contributed by atoms with Crippen molar-refractivity contribution in [2.24, 2.45) is 5.92 Å². The summed E-state index contributed by atoms with van der Waals surface area (Å²) in [6, 6.07) is 12.0. The lowest BCUT2D eigenvalue weighted by molar-refractivity contribution is -0.135. The number of ether oxygens (including phenoxy) is 2. The third-order valence-corrected chi connectivity index (χ3v) is 7.55. The van der Waals surface area contributed by atoms with Crippen molar-refractivity contribution < 1.29 is 22.7 Å². The molecule has 0 saturated carbocycles. The minimum Gasteiger partial charge on any atom is -0.497 e. The summed E-state index contributed by atoms with van der Waals surface area (Å²) in [5.41, 5.74) is 0.973. The van der Waals surface area contributed by atoms with Gasteiger partial charge in [-0.15, -0.1) is 0 Å². The van der Waals surface area contributed by atoms with Crippen LogP contribution >= 0.6 is 11.6 Å². The van der Waals surface area contributed by atoms with Gasteiger partial charge in [0.25, 0.3) is 0 Å². The molecule has 0 N–H and O–H groups in total. The average Bonchev–Trinajstić information content (AvgIpc) is 2.79. The molecule has 2 aromatic rings. The molecule has 1 aliphatic rings. The van der Waals surface area contributed by atoms with Gasteiger partial charge < -0.3 is 14.4 Å². The molecule has 1 fully saturated rings. The Labute approximate surface area is 188 Å². The summed E-state index contributed by atoms with van der Waals surface area (Å²) in [5.74, 6) is 0.502. The number of amides is 1. The van der Waals surface area contributed by atoms with Crippen molar-refractivity contribution in [3.8, 4) is 11.5 Å². The smallest absolute Gasteiger partial charge is 0.246 e. The highest BCUT2D eigenvalue weighted by molar-refractivity contribution is 7.89. The molecule has 168 valence electrons. The van der Waals surface area contributed by atoms with E-state index in [0.717, 1.165) is 11.3 Å². The Morgan fingerprint density at radius 3 is 2.52 bits per heavy atom. The highest BCUT2D eigenvalue weighted by Gasteiger charge is 2.35. The van der Waals surface area contributed by atoms with Crippen LogP contribution in [0.5, 0.6) is 11.5 Å². The first-order chi connectivity index (χ1) is 14.8. The van der Waals surface area contributed by atoms with Crippen LogP contribution in [0.4, 0.5) is 0 Å². The molecule has 31 heavy (non-hydrogen) atoms. The molecule has 0 bridgehead atoms. The van der Waals surface area contributed by atoms with Crippen molar-refractivity contribution in [1.29, 1.82) is 0 Å². The zero-order chi connectivity index (χ0) is 22.6. The lowest BCUT2D eigenvalue weighted by Gasteiger charge is -2.33. The van der Waals surface area contributed by atoms with Crippen molar-refractivity contribution >= 4 is 27.5 Å². The minimum absolute atomic E-state index is 0.0159. The van der Waals surface area contributed by atoms with Gasteiger partial charge in [0, 0.05) is 31.7 Å². The van der Waals surface area contributed by atoms with E-state index in [1.165, 1.54) is 23.5 Å². The second kappa shape index (κ2) is 9.89. The van der Waals surface area contributed by atoms with Crippen molar-refractivity contribution in [3.05, 3.63) is 53.1 Å². The number of carbonyl (C=O) groups excluding carboxylic acids is 1. The second-order valence-corrected chi connectivity index (χ2v) is 9.88. The summed E-state index contributed by atoms with van der Waals surface area (Å²) in [5, 5.41) is 0.309. The number of piperidine rings is 1. The van der Waals surface area contributed by atoms with Gasteiger partial charge in [0.15, 0.2) is 0 Å². The van der Waals surface area contributed by atoms with Crippen molar-refractivity contribution in [2.45, 2.75) is 24.3 Å². The van der Waals surface area contributed by atoms with E-state index >= 15 is 0 Å². The monoisotopic (exact) mass is 466 g/mol. The van der Waals surface area contributed by atoms with Crippen LogP contribution in [0.1, 0.15) is 18.4 Å². The Morgan fingerprint density at radius 2 is 1.87 bits per heavy atom. The highest BCUT2D eigenvalue weighted by Crippen LogP contribution is 2.32. The van der Waals surface area contributed by atoms with Gasteiger partial charge in [0.05, 0.1) is 20.1 Å². The van der Waals surface area contributed by atoms with Crippen LogP contribution in [0, 0.1) is 5.92 Å². The van der Waals surface area contributed by atoms with E-state index in [1.807, 2.05) is 24.3 Å². The van der Waals surface area contributed by atoms with E-state index < -0.39 is 15.9 Å². The van der Waals surface area contributed by atoms with Crippen LogP contribution in [0.15, 0.2) is 47.4 Å². The first-order valence-electron chi connectivity index (χ1n) is 9.98. The third kappa shape index (κ3) is 5.31. The molecule has 0 radical (unpaired) electrons. The van der Waals surface area contributed by atoms with Gasteiger partial charge in [-0.2, -0.15) is 4.31 Å². The fraction of sp³-hybridized carbons (Fsp3) is 0.409. The molecule has 9 heteroatoms. The summed E-state index contributed by atoms with van der Waals surface area (Å²) in [4.78, 5) is 14.7. The summed E-state index contributed by atoms with van der Waals surface area (Å²) >= 11 is 6.03. The van der Waals surface area contributed by atoms with Gasteiger partial charge in [-0.1, -0.05) is 23.7 Å². The molecule has 0 unspecified atom stereocenters. The Kier molecular flexibility index (Phi) is 7.46. The fourth-order valence-electron chi connectivity index (χ4n) is 3.75. The summed E-state index contributed by atoms with van der Waals surface area (Å²) in [6.45, 7) is 0.919. The highest BCUT2D eigenvalue weighted by atomic mass is 35.5. The van der Waals surface area contributed by atoms with Crippen LogP contribution < -0.4 is 9.47 Å². The molecule has 3 rings (SSSR count). The van der Waals surface area contributed by atoms with Crippen molar-refractivity contribution in [2.75, 3.05) is 34.4 Å². The maximum Gasteiger partial charge on any atom is 0.246 e. The van der Waals surface area contributed by atoms with E-state index in [4.69, 9.17) is 21.1 Å². The standard InChI is InChI=1S/C22H27ClN2O5S/c1-24(14-16-6-9-19(29-2)10-7-16)22(26)17-5-4-12-25(15-17)31(27,28)21-13-18(23)8-11-20(21)30-3/h6-11,13,17H,4-5,12,14-15H2,1-3H3/t17-/m0/s1. The quantitative estimate of drug-likeness (QED) is 0.625. The zero-order valence-electron chi connectivity index (χ0n) is 17.9. The number of benzene rings is 2. The third-order valence-electron chi connectivity index (χ3n) is 5.43. The minimum atomic E-state index is -3.85. The summed E-state index contributed by atoms with van der Waals surface area (Å²) in [6.07, 6.45) is 1.25. The Hall–Kier alpha value is -2.29. The number of halogens is 1. The summed E-state index contributed by atoms with van der Waals surface area (Å²) in [7, 11) is 0.909. The van der Waals surface area contributed by atoms with Crippen molar-refractivity contribution in [1.82, 2.24) is 9.21 Å². The van der Waals surface area contributed by atoms with Gasteiger partial charge >= 0.3 is 0 Å². The topological polar surface area (TPSA) is 76.2 Å². The normalized spacial score (nSPS) is 17.2. The lowest BCUT2D eigenvalue weighted by Crippen LogP contribution is -2.45. The van der Waals surface area contributed by atoms with Gasteiger partial charge in [0.1, 0.15) is 16.4 Å². The number of sulfonamides is 1. The van der Waals surface area contributed by atoms with E-state index in [0.29, 0.717) is 31.0 Å². The predicted molar refractivity (Wildman–Crippen MR) is 119 cm³/mol. The van der Waals surface area contributed by atoms with Crippen molar-refractivity contribution in [3.63, 3.8) is 0 Å². The summed E-state index contributed by atoms with van der Waals surface area (Å²) < 4.78 is 38.3. The first-order valence-corrected chi connectivity index (χ1v) is 11.8. The van der Waals surface area contributed by atoms with Crippen LogP contribution in [0.3, 0.4) is 0 Å². The van der Waals surface area contributed by atoms with E-state index in [-0.39, 0.29) is 23.1 Å². The van der Waals surface area contributed by atoms with E-state index in [2.05, 4.69) is 0 Å². The van der Waals surface area contributed by atoms with E-state index in [1.54, 1.807) is 25.1 Å². The molecule has 0 aliphatic carbocycles. The number of methoxy groups -OCH3 is 2. The largest absolute Gasteiger partial charge is 0.497 e. The zero-order valence-corrected chi connectivity index (χ0v) is 19.4. The molecule has 0 aromatic heterocycles. The van der Waals surface area contributed by atoms with Gasteiger partial charge in [-0.05, 0) is 48.7 Å². The predicted octanol–water partition coefficient (Wildman–Crippen LogP) is 3.42. The first kappa shape index (κ1) is 23.4.